The van der Waals surface area contributed by atoms with Gasteiger partial charge in [0.05, 0.1) is 5.69 Å². The molecule has 1 aromatic heterocycles. The summed E-state index contributed by atoms with van der Waals surface area (Å²) < 4.78 is 0. The van der Waals surface area contributed by atoms with E-state index in [1.807, 2.05) is 19.1 Å². The maximum Gasteiger partial charge on any atom is 0.147 e. The molecule has 0 spiro atoms. The summed E-state index contributed by atoms with van der Waals surface area (Å²) in [5.74, 6) is 0.853. The lowest BCUT2D eigenvalue weighted by Crippen LogP contribution is -2.05. The Labute approximate surface area is 95.6 Å². The van der Waals surface area contributed by atoms with Crippen molar-refractivity contribution in [3.05, 3.63) is 53.5 Å². The molecule has 0 atom stereocenters. The van der Waals surface area contributed by atoms with E-state index in [9.17, 15) is 0 Å². The number of rotatable bonds is 3. The summed E-state index contributed by atoms with van der Waals surface area (Å²) in [6, 6.07) is 8.33. The number of aromatic nitrogens is 2. The van der Waals surface area contributed by atoms with Crippen LogP contribution in [0.2, 0.25) is 0 Å². The van der Waals surface area contributed by atoms with E-state index in [2.05, 4.69) is 34.3 Å². The molecule has 16 heavy (non-hydrogen) atoms. The van der Waals surface area contributed by atoms with Gasteiger partial charge in [0, 0.05) is 18.9 Å². The number of nitrogens with one attached hydrogen (secondary N) is 1. The predicted molar refractivity (Wildman–Crippen MR) is 65.3 cm³/mol. The van der Waals surface area contributed by atoms with Crippen molar-refractivity contribution in [2.24, 2.45) is 0 Å². The third-order valence-corrected chi connectivity index (χ3v) is 2.59. The van der Waals surface area contributed by atoms with Crippen molar-refractivity contribution in [1.29, 1.82) is 0 Å². The van der Waals surface area contributed by atoms with E-state index in [-0.39, 0.29) is 0 Å². The molecule has 0 fully saturated rings. The second kappa shape index (κ2) is 4.75. The van der Waals surface area contributed by atoms with E-state index < -0.39 is 0 Å². The highest BCUT2D eigenvalue weighted by molar-refractivity contribution is 5.40. The highest BCUT2D eigenvalue weighted by Gasteiger charge is 2.00. The minimum Gasteiger partial charge on any atom is -0.364 e. The van der Waals surface area contributed by atoms with Crippen LogP contribution in [-0.4, -0.2) is 9.97 Å². The largest absolute Gasteiger partial charge is 0.364 e. The van der Waals surface area contributed by atoms with Gasteiger partial charge in [0.25, 0.3) is 0 Å². The van der Waals surface area contributed by atoms with Gasteiger partial charge in [-0.25, -0.2) is 4.98 Å². The number of nitrogens with zero attached hydrogens (tertiary/aromatic N) is 2. The van der Waals surface area contributed by atoms with Crippen molar-refractivity contribution in [2.75, 3.05) is 5.32 Å². The lowest BCUT2D eigenvalue weighted by molar-refractivity contribution is 1.04. The number of aryl methyl sites for hydroxylation is 2. The predicted octanol–water partition coefficient (Wildman–Crippen LogP) is 2.71. The van der Waals surface area contributed by atoms with Gasteiger partial charge in [-0.05, 0) is 25.0 Å². The minimum absolute atomic E-state index is 0.784. The van der Waals surface area contributed by atoms with Gasteiger partial charge in [-0.3, -0.25) is 4.98 Å². The molecule has 1 aromatic carbocycles. The molecule has 0 saturated heterocycles. The molecule has 0 aliphatic rings. The summed E-state index contributed by atoms with van der Waals surface area (Å²) in [4.78, 5) is 8.44. The van der Waals surface area contributed by atoms with Crippen molar-refractivity contribution in [1.82, 2.24) is 9.97 Å². The number of benzene rings is 1. The van der Waals surface area contributed by atoms with Crippen LogP contribution in [0.5, 0.6) is 0 Å². The molecule has 3 nitrogen and oxygen atoms in total. The fourth-order valence-electron chi connectivity index (χ4n) is 1.57. The third-order valence-electron chi connectivity index (χ3n) is 2.59. The maximum atomic E-state index is 4.25. The summed E-state index contributed by atoms with van der Waals surface area (Å²) in [5.41, 5.74) is 3.50. The van der Waals surface area contributed by atoms with Crippen LogP contribution in [0, 0.1) is 13.8 Å². The molecule has 1 N–H and O–H groups in total. The average Bonchev–Trinajstić information content (AvgIpc) is 2.30. The van der Waals surface area contributed by atoms with Gasteiger partial charge in [-0.1, -0.05) is 24.3 Å². The van der Waals surface area contributed by atoms with E-state index in [1.165, 1.54) is 11.1 Å². The van der Waals surface area contributed by atoms with E-state index in [0.717, 1.165) is 18.1 Å². The van der Waals surface area contributed by atoms with Crippen LogP contribution in [0.15, 0.2) is 36.7 Å². The fourth-order valence-corrected chi connectivity index (χ4v) is 1.57. The second-order valence-electron chi connectivity index (χ2n) is 3.77. The number of anilines is 1. The van der Waals surface area contributed by atoms with Crippen LogP contribution in [-0.2, 0) is 6.54 Å². The van der Waals surface area contributed by atoms with Crippen LogP contribution in [0.25, 0.3) is 0 Å². The highest BCUT2D eigenvalue weighted by Crippen LogP contribution is 2.11. The quantitative estimate of drug-likeness (QED) is 0.851. The van der Waals surface area contributed by atoms with Gasteiger partial charge in [-0.15, -0.1) is 0 Å². The molecular weight excluding hydrogens is 198 g/mol. The summed E-state index contributed by atoms with van der Waals surface area (Å²) in [6.45, 7) is 4.85. The van der Waals surface area contributed by atoms with E-state index >= 15 is 0 Å². The molecule has 0 aliphatic carbocycles. The monoisotopic (exact) mass is 213 g/mol. The normalized spacial score (nSPS) is 10.1. The molecule has 2 rings (SSSR count). The Hall–Kier alpha value is -1.90. The Balaban J connectivity index is 2.09. The van der Waals surface area contributed by atoms with Crippen molar-refractivity contribution in [3.63, 3.8) is 0 Å². The maximum absolute atomic E-state index is 4.25. The Kier molecular flexibility index (Phi) is 3.15. The highest BCUT2D eigenvalue weighted by atomic mass is 15.0. The lowest BCUT2D eigenvalue weighted by Gasteiger charge is -2.09. The van der Waals surface area contributed by atoms with Gasteiger partial charge >= 0.3 is 0 Å². The summed E-state index contributed by atoms with van der Waals surface area (Å²) in [5, 5.41) is 3.30. The van der Waals surface area contributed by atoms with E-state index in [1.54, 1.807) is 12.4 Å². The third kappa shape index (κ3) is 2.37. The van der Waals surface area contributed by atoms with Crippen LogP contribution in [0.1, 0.15) is 16.8 Å². The summed E-state index contributed by atoms with van der Waals surface area (Å²) in [7, 11) is 0. The first-order chi connectivity index (χ1) is 7.77. The summed E-state index contributed by atoms with van der Waals surface area (Å²) >= 11 is 0. The molecule has 0 saturated carbocycles. The molecule has 82 valence electrons. The molecule has 0 unspecified atom stereocenters. The topological polar surface area (TPSA) is 37.8 Å². The zero-order valence-corrected chi connectivity index (χ0v) is 9.57. The van der Waals surface area contributed by atoms with Crippen LogP contribution < -0.4 is 5.32 Å². The average molecular weight is 213 g/mol. The first kappa shape index (κ1) is 10.6. The van der Waals surface area contributed by atoms with Gasteiger partial charge in [0.1, 0.15) is 5.82 Å². The Morgan fingerprint density at radius 2 is 1.81 bits per heavy atom. The molecule has 0 amide bonds. The smallest absolute Gasteiger partial charge is 0.147 e. The van der Waals surface area contributed by atoms with Gasteiger partial charge in [0.15, 0.2) is 0 Å². The first-order valence-corrected chi connectivity index (χ1v) is 5.33. The van der Waals surface area contributed by atoms with Gasteiger partial charge < -0.3 is 5.32 Å². The Bertz CT molecular complexity index is 435. The van der Waals surface area contributed by atoms with Crippen molar-refractivity contribution >= 4 is 5.82 Å². The second-order valence-corrected chi connectivity index (χ2v) is 3.77. The van der Waals surface area contributed by atoms with Crippen LogP contribution in [0.3, 0.4) is 0 Å². The molecule has 0 bridgehead atoms. The molecule has 2 aromatic rings. The standard InChI is InChI=1S/C13H15N3/c1-10-5-3-4-6-12(10)9-16-13-11(2)14-7-8-15-13/h3-8H,9H2,1-2H3,(H,15,16). The zero-order valence-electron chi connectivity index (χ0n) is 9.57. The van der Waals surface area contributed by atoms with Crippen LogP contribution >= 0.6 is 0 Å². The Morgan fingerprint density at radius 1 is 1.06 bits per heavy atom. The molecule has 0 radical (unpaired) electrons. The molecule has 0 aliphatic heterocycles. The Morgan fingerprint density at radius 3 is 2.56 bits per heavy atom. The van der Waals surface area contributed by atoms with E-state index in [4.69, 9.17) is 0 Å². The molecule has 3 heteroatoms. The first-order valence-electron chi connectivity index (χ1n) is 5.33. The SMILES string of the molecule is Cc1ccccc1CNc1nccnc1C. The van der Waals surface area contributed by atoms with Crippen LogP contribution in [0.4, 0.5) is 5.82 Å². The number of hydrogen-bond donors (Lipinski definition) is 1. The van der Waals surface area contributed by atoms with Gasteiger partial charge in [-0.2, -0.15) is 0 Å². The van der Waals surface area contributed by atoms with Crippen molar-refractivity contribution < 1.29 is 0 Å². The molecule has 1 heterocycles. The zero-order chi connectivity index (χ0) is 11.4. The minimum atomic E-state index is 0.784. The van der Waals surface area contributed by atoms with Gasteiger partial charge in [0.2, 0.25) is 0 Å². The van der Waals surface area contributed by atoms with Crippen molar-refractivity contribution in [3.8, 4) is 0 Å². The lowest BCUT2D eigenvalue weighted by atomic mass is 10.1. The number of hydrogen-bond acceptors (Lipinski definition) is 3. The van der Waals surface area contributed by atoms with E-state index in [0.29, 0.717) is 0 Å². The summed E-state index contributed by atoms with van der Waals surface area (Å²) in [6.07, 6.45) is 3.40. The fraction of sp³-hybridized carbons (Fsp3) is 0.231. The van der Waals surface area contributed by atoms with Crippen molar-refractivity contribution in [2.45, 2.75) is 20.4 Å². The molecular formula is C13H15N3.